The van der Waals surface area contributed by atoms with E-state index in [2.05, 4.69) is 10.3 Å². The van der Waals surface area contributed by atoms with Crippen LogP contribution in [0.2, 0.25) is 0 Å². The van der Waals surface area contributed by atoms with E-state index < -0.39 is 10.0 Å². The molecule has 1 N–H and O–H groups in total. The number of sulfonamides is 1. The van der Waals surface area contributed by atoms with E-state index in [1.807, 2.05) is 31.2 Å². The molecule has 0 aliphatic carbocycles. The van der Waals surface area contributed by atoms with Crippen LogP contribution in [-0.4, -0.2) is 36.4 Å². The fraction of sp³-hybridized carbons (Fsp3) is 0.294. The molecule has 0 spiro atoms. The third kappa shape index (κ3) is 5.14. The molecule has 128 valence electrons. The number of amides is 1. The Kier molecular flexibility index (Phi) is 6.05. The van der Waals surface area contributed by atoms with Crippen molar-refractivity contribution in [2.45, 2.75) is 19.9 Å². The maximum Gasteiger partial charge on any atom is 0.239 e. The lowest BCUT2D eigenvalue weighted by atomic mass is 10.1. The van der Waals surface area contributed by atoms with E-state index in [1.54, 1.807) is 24.5 Å². The Labute approximate surface area is 142 Å². The molecule has 0 radical (unpaired) electrons. The van der Waals surface area contributed by atoms with Gasteiger partial charge in [0, 0.05) is 24.6 Å². The van der Waals surface area contributed by atoms with Crippen LogP contribution in [0.15, 0.2) is 48.8 Å². The predicted octanol–water partition coefficient (Wildman–Crippen LogP) is 2.04. The highest BCUT2D eigenvalue weighted by Crippen LogP contribution is 2.16. The van der Waals surface area contributed by atoms with Gasteiger partial charge < -0.3 is 5.32 Å². The monoisotopic (exact) mass is 347 g/mol. The van der Waals surface area contributed by atoms with E-state index in [1.165, 1.54) is 0 Å². The van der Waals surface area contributed by atoms with Gasteiger partial charge in [-0.25, -0.2) is 8.42 Å². The Hall–Kier alpha value is -2.25. The summed E-state index contributed by atoms with van der Waals surface area (Å²) in [6, 6.07) is 10.9. The largest absolute Gasteiger partial charge is 0.325 e. The van der Waals surface area contributed by atoms with Gasteiger partial charge in [-0.1, -0.05) is 25.1 Å². The van der Waals surface area contributed by atoms with Crippen molar-refractivity contribution in [2.24, 2.45) is 0 Å². The van der Waals surface area contributed by atoms with Crippen LogP contribution >= 0.6 is 0 Å². The van der Waals surface area contributed by atoms with E-state index in [-0.39, 0.29) is 19.0 Å². The van der Waals surface area contributed by atoms with Gasteiger partial charge >= 0.3 is 0 Å². The van der Waals surface area contributed by atoms with Crippen LogP contribution < -0.4 is 5.32 Å². The molecule has 1 aromatic carbocycles. The molecule has 1 heterocycles. The van der Waals surface area contributed by atoms with E-state index in [9.17, 15) is 13.2 Å². The van der Waals surface area contributed by atoms with Gasteiger partial charge in [-0.3, -0.25) is 9.78 Å². The molecule has 0 saturated heterocycles. The quantitative estimate of drug-likeness (QED) is 0.831. The van der Waals surface area contributed by atoms with Gasteiger partial charge in [0.05, 0.1) is 12.8 Å². The number of rotatable bonds is 7. The fourth-order valence-corrected chi connectivity index (χ4v) is 3.02. The van der Waals surface area contributed by atoms with Gasteiger partial charge in [0.25, 0.3) is 0 Å². The molecule has 2 aromatic rings. The number of hydrogen-bond acceptors (Lipinski definition) is 4. The summed E-state index contributed by atoms with van der Waals surface area (Å²) in [4.78, 5) is 16.2. The predicted molar refractivity (Wildman–Crippen MR) is 93.9 cm³/mol. The highest BCUT2D eigenvalue weighted by Gasteiger charge is 2.21. The van der Waals surface area contributed by atoms with Gasteiger partial charge in [0.15, 0.2) is 0 Å². The summed E-state index contributed by atoms with van der Waals surface area (Å²) in [6.45, 7) is 1.89. The average molecular weight is 347 g/mol. The van der Waals surface area contributed by atoms with Gasteiger partial charge in [-0.2, -0.15) is 4.31 Å². The third-order valence-electron chi connectivity index (χ3n) is 3.57. The summed E-state index contributed by atoms with van der Waals surface area (Å²) >= 11 is 0. The maximum atomic E-state index is 12.3. The van der Waals surface area contributed by atoms with Crippen LogP contribution in [-0.2, 0) is 27.8 Å². The lowest BCUT2D eigenvalue weighted by Crippen LogP contribution is -2.37. The standard InChI is InChI=1S/C17H21N3O3S/c1-3-15-6-4-5-7-16(15)19-17(21)13-20(24(2,22)23)12-14-8-10-18-11-9-14/h4-11H,3,12-13H2,1-2H3,(H,19,21). The molecule has 6 nitrogen and oxygen atoms in total. The average Bonchev–Trinajstić information content (AvgIpc) is 2.55. The number of carbonyl (C=O) groups excluding carboxylic acids is 1. The van der Waals surface area contributed by atoms with Crippen molar-refractivity contribution in [3.63, 3.8) is 0 Å². The normalized spacial score (nSPS) is 11.5. The fourth-order valence-electron chi connectivity index (χ4n) is 2.28. The summed E-state index contributed by atoms with van der Waals surface area (Å²) in [7, 11) is -3.51. The van der Waals surface area contributed by atoms with E-state index in [4.69, 9.17) is 0 Å². The number of nitrogens with zero attached hydrogens (tertiary/aromatic N) is 2. The molecular weight excluding hydrogens is 326 g/mol. The minimum Gasteiger partial charge on any atom is -0.325 e. The molecule has 7 heteroatoms. The van der Waals surface area contributed by atoms with Gasteiger partial charge in [-0.05, 0) is 35.7 Å². The zero-order chi connectivity index (χ0) is 17.6. The lowest BCUT2D eigenvalue weighted by molar-refractivity contribution is -0.116. The number of para-hydroxylation sites is 1. The van der Waals surface area contributed by atoms with E-state index in [0.29, 0.717) is 5.69 Å². The van der Waals surface area contributed by atoms with Crippen molar-refractivity contribution >= 4 is 21.6 Å². The second kappa shape index (κ2) is 8.03. The highest BCUT2D eigenvalue weighted by atomic mass is 32.2. The zero-order valence-corrected chi connectivity index (χ0v) is 14.6. The molecule has 0 aliphatic heterocycles. The number of anilines is 1. The summed E-state index contributed by atoms with van der Waals surface area (Å²) in [5.74, 6) is -0.365. The first-order valence-electron chi connectivity index (χ1n) is 7.62. The molecule has 0 unspecified atom stereocenters. The minimum atomic E-state index is -3.51. The Balaban J connectivity index is 2.10. The number of carbonyl (C=O) groups is 1. The molecule has 0 atom stereocenters. The van der Waals surface area contributed by atoms with Crippen molar-refractivity contribution in [1.82, 2.24) is 9.29 Å². The number of benzene rings is 1. The van der Waals surface area contributed by atoms with Gasteiger partial charge in [0.2, 0.25) is 15.9 Å². The first-order valence-corrected chi connectivity index (χ1v) is 9.46. The first-order chi connectivity index (χ1) is 11.4. The molecule has 0 bridgehead atoms. The smallest absolute Gasteiger partial charge is 0.239 e. The van der Waals surface area contributed by atoms with Gasteiger partial charge in [-0.15, -0.1) is 0 Å². The number of aromatic nitrogens is 1. The Morgan fingerprint density at radius 2 is 1.83 bits per heavy atom. The Morgan fingerprint density at radius 1 is 1.17 bits per heavy atom. The van der Waals surface area contributed by atoms with E-state index >= 15 is 0 Å². The van der Waals surface area contributed by atoms with E-state index in [0.717, 1.165) is 28.1 Å². The van der Waals surface area contributed by atoms with Crippen LogP contribution in [0.5, 0.6) is 0 Å². The minimum absolute atomic E-state index is 0.129. The molecule has 0 saturated carbocycles. The van der Waals surface area contributed by atoms with Crippen LogP contribution in [0, 0.1) is 0 Å². The Morgan fingerprint density at radius 3 is 2.46 bits per heavy atom. The van der Waals surface area contributed by atoms with Crippen molar-refractivity contribution in [2.75, 3.05) is 18.1 Å². The molecule has 1 amide bonds. The highest BCUT2D eigenvalue weighted by molar-refractivity contribution is 7.88. The van der Waals surface area contributed by atoms with Crippen LogP contribution in [0.25, 0.3) is 0 Å². The van der Waals surface area contributed by atoms with Crippen LogP contribution in [0.3, 0.4) is 0 Å². The van der Waals surface area contributed by atoms with Crippen LogP contribution in [0.1, 0.15) is 18.1 Å². The summed E-state index contributed by atoms with van der Waals surface area (Å²) in [5.41, 5.74) is 2.49. The molecule has 2 rings (SSSR count). The van der Waals surface area contributed by atoms with Crippen molar-refractivity contribution in [1.29, 1.82) is 0 Å². The van der Waals surface area contributed by atoms with Crippen molar-refractivity contribution in [3.05, 3.63) is 59.9 Å². The number of hydrogen-bond donors (Lipinski definition) is 1. The molecule has 0 fully saturated rings. The van der Waals surface area contributed by atoms with Crippen molar-refractivity contribution in [3.8, 4) is 0 Å². The maximum absolute atomic E-state index is 12.3. The summed E-state index contributed by atoms with van der Waals surface area (Å²) < 4.78 is 25.1. The number of aryl methyl sites for hydroxylation is 1. The van der Waals surface area contributed by atoms with Crippen LogP contribution in [0.4, 0.5) is 5.69 Å². The number of nitrogens with one attached hydrogen (secondary N) is 1. The Bertz CT molecular complexity index is 792. The zero-order valence-electron chi connectivity index (χ0n) is 13.8. The second-order valence-electron chi connectivity index (χ2n) is 5.45. The van der Waals surface area contributed by atoms with Gasteiger partial charge in [0.1, 0.15) is 0 Å². The first kappa shape index (κ1) is 18.1. The summed E-state index contributed by atoms with van der Waals surface area (Å²) in [5, 5.41) is 2.79. The molecule has 1 aromatic heterocycles. The number of pyridine rings is 1. The topological polar surface area (TPSA) is 79.4 Å². The third-order valence-corrected chi connectivity index (χ3v) is 4.77. The van der Waals surface area contributed by atoms with Crippen molar-refractivity contribution < 1.29 is 13.2 Å². The summed E-state index contributed by atoms with van der Waals surface area (Å²) in [6.07, 6.45) is 5.06. The lowest BCUT2D eigenvalue weighted by Gasteiger charge is -2.20. The SMILES string of the molecule is CCc1ccccc1NC(=O)CN(Cc1ccncc1)S(C)(=O)=O. The second-order valence-corrected chi connectivity index (χ2v) is 7.43. The molecule has 24 heavy (non-hydrogen) atoms. The molecule has 0 aliphatic rings. The molecular formula is C17H21N3O3S.